The molecule has 0 aromatic heterocycles. The summed E-state index contributed by atoms with van der Waals surface area (Å²) in [4.78, 5) is 5.27. The van der Waals surface area contributed by atoms with Crippen molar-refractivity contribution in [3.05, 3.63) is 245 Å². The highest BCUT2D eigenvalue weighted by Gasteiger charge is 2.51. The van der Waals surface area contributed by atoms with E-state index in [1.165, 1.54) is 55.6 Å². The minimum absolute atomic E-state index is 0.201. The number of para-hydroxylation sites is 2. The van der Waals surface area contributed by atoms with E-state index in [0.717, 1.165) is 40.5 Å². The molecule has 2 aliphatic heterocycles. The minimum Gasteiger partial charge on any atom is -0.457 e. The van der Waals surface area contributed by atoms with E-state index in [-0.39, 0.29) is 12.1 Å². The summed E-state index contributed by atoms with van der Waals surface area (Å²) in [6, 6.07) is 63.3. The first kappa shape index (κ1) is 32.5. The van der Waals surface area contributed by atoms with Gasteiger partial charge in [0.25, 0.3) is 0 Å². The van der Waals surface area contributed by atoms with Gasteiger partial charge in [0.2, 0.25) is 0 Å². The molecule has 0 fully saturated rings. The van der Waals surface area contributed by atoms with E-state index in [9.17, 15) is 0 Å². The Labute approximate surface area is 327 Å². The van der Waals surface area contributed by atoms with Crippen LogP contribution in [-0.2, 0) is 5.41 Å². The summed E-state index contributed by atoms with van der Waals surface area (Å²) >= 11 is 0. The summed E-state index contributed by atoms with van der Waals surface area (Å²) in [5, 5.41) is 3.77. The van der Waals surface area contributed by atoms with Gasteiger partial charge in [-0.1, -0.05) is 176 Å². The fourth-order valence-electron chi connectivity index (χ4n) is 9.35. The van der Waals surface area contributed by atoms with Crippen LogP contribution in [0.1, 0.15) is 51.3 Å². The zero-order valence-electron chi connectivity index (χ0n) is 30.8. The molecule has 7 aromatic rings. The van der Waals surface area contributed by atoms with Crippen molar-refractivity contribution in [2.24, 2.45) is 4.99 Å². The fraction of sp³-hybridized carbons (Fsp3) is 0.0755. The van der Waals surface area contributed by atoms with Crippen LogP contribution >= 0.6 is 0 Å². The number of fused-ring (bicyclic) bond motifs is 9. The van der Waals surface area contributed by atoms with Crippen LogP contribution in [0.2, 0.25) is 0 Å². The van der Waals surface area contributed by atoms with Crippen LogP contribution in [0, 0.1) is 0 Å². The van der Waals surface area contributed by atoms with Crippen LogP contribution < -0.4 is 10.1 Å². The average Bonchev–Trinajstić information content (AvgIpc) is 3.57. The van der Waals surface area contributed by atoms with Crippen molar-refractivity contribution >= 4 is 11.4 Å². The lowest BCUT2D eigenvalue weighted by Gasteiger charge is -2.39. The van der Waals surface area contributed by atoms with Gasteiger partial charge in [-0.3, -0.25) is 4.99 Å². The lowest BCUT2D eigenvalue weighted by atomic mass is 9.66. The third-order valence-electron chi connectivity index (χ3n) is 11.9. The first-order valence-electron chi connectivity index (χ1n) is 19.5. The van der Waals surface area contributed by atoms with Gasteiger partial charge in [-0.25, -0.2) is 0 Å². The Balaban J connectivity index is 0.984. The molecule has 2 aliphatic carbocycles. The van der Waals surface area contributed by atoms with Gasteiger partial charge in [-0.05, 0) is 86.3 Å². The van der Waals surface area contributed by atoms with Crippen molar-refractivity contribution in [3.63, 3.8) is 0 Å². The van der Waals surface area contributed by atoms with Gasteiger partial charge < -0.3 is 10.1 Å². The summed E-state index contributed by atoms with van der Waals surface area (Å²) < 4.78 is 6.57. The number of allylic oxidation sites excluding steroid dienone is 3. The molecule has 3 heteroatoms. The summed E-state index contributed by atoms with van der Waals surface area (Å²) in [6.07, 6.45) is 9.88. The second-order valence-corrected chi connectivity index (χ2v) is 15.0. The molecule has 4 aliphatic rings. The van der Waals surface area contributed by atoms with Crippen LogP contribution in [0.25, 0.3) is 28.0 Å². The smallest absolute Gasteiger partial charge is 0.145 e. The Morgan fingerprint density at radius 3 is 1.93 bits per heavy atom. The Morgan fingerprint density at radius 2 is 1.16 bits per heavy atom. The number of nitrogens with one attached hydrogen (secondary N) is 1. The van der Waals surface area contributed by atoms with Gasteiger partial charge in [0.15, 0.2) is 0 Å². The first-order chi connectivity index (χ1) is 27.7. The maximum absolute atomic E-state index is 6.57. The molecule has 1 N–H and O–H groups in total. The maximum atomic E-state index is 6.57. The molecule has 0 saturated heterocycles. The lowest BCUT2D eigenvalue weighted by Crippen LogP contribution is -2.33. The van der Waals surface area contributed by atoms with Crippen molar-refractivity contribution in [2.75, 3.05) is 0 Å². The van der Waals surface area contributed by atoms with E-state index >= 15 is 0 Å². The predicted octanol–water partition coefficient (Wildman–Crippen LogP) is 12.3. The van der Waals surface area contributed by atoms with E-state index in [1.54, 1.807) is 0 Å². The number of hydrogen-bond donors (Lipinski definition) is 1. The third kappa shape index (κ3) is 5.16. The first-order valence-corrected chi connectivity index (χ1v) is 19.5. The number of aliphatic imine (C=N–C) groups is 1. The lowest BCUT2D eigenvalue weighted by molar-refractivity contribution is 0.436. The van der Waals surface area contributed by atoms with E-state index in [1.807, 2.05) is 0 Å². The second-order valence-electron chi connectivity index (χ2n) is 15.0. The molecular weight excluding hydrogens is 681 g/mol. The van der Waals surface area contributed by atoms with Gasteiger partial charge in [-0.2, -0.15) is 0 Å². The Kier molecular flexibility index (Phi) is 7.60. The molecule has 0 bridgehead atoms. The zero-order valence-corrected chi connectivity index (χ0v) is 30.8. The van der Waals surface area contributed by atoms with Gasteiger partial charge in [0.05, 0.1) is 11.1 Å². The van der Waals surface area contributed by atoms with Crippen LogP contribution in [0.15, 0.2) is 211 Å². The molecule has 1 spiro atoms. The molecule has 2 atom stereocenters. The standard InChI is InChI=1S/C53H38N2O/c1-3-15-35(16-4-1)48-34-49(36-17-5-2-6-18-36)55-52(54-48)41-22-14-21-39(32-41)37-19-13-20-38(31-37)40-29-30-43-42-23-7-8-24-44(42)53(47(43)33-40)45-25-9-11-27-50(45)56-51-28-12-10-26-46(51)53/h1-20,22-34,39,52,54H,21H2. The molecule has 7 aromatic carbocycles. The number of ether oxygens (including phenoxy) is 1. The van der Waals surface area contributed by atoms with Gasteiger partial charge in [-0.15, -0.1) is 0 Å². The topological polar surface area (TPSA) is 33.6 Å². The van der Waals surface area contributed by atoms with E-state index < -0.39 is 5.41 Å². The third-order valence-corrected chi connectivity index (χ3v) is 11.9. The molecule has 2 unspecified atom stereocenters. The molecule has 0 amide bonds. The van der Waals surface area contributed by atoms with E-state index in [0.29, 0.717) is 0 Å². The minimum atomic E-state index is -0.490. The Bertz CT molecular complexity index is 2750. The molecule has 2 heterocycles. The number of benzene rings is 7. The molecule has 0 radical (unpaired) electrons. The summed E-state index contributed by atoms with van der Waals surface area (Å²) in [6.45, 7) is 0. The largest absolute Gasteiger partial charge is 0.457 e. The second kappa shape index (κ2) is 13.1. The number of hydrogen-bond acceptors (Lipinski definition) is 3. The molecule has 0 saturated carbocycles. The highest BCUT2D eigenvalue weighted by molar-refractivity contribution is 6.13. The van der Waals surface area contributed by atoms with Crippen LogP contribution in [-0.4, -0.2) is 11.9 Å². The van der Waals surface area contributed by atoms with Crippen LogP contribution in [0.5, 0.6) is 11.5 Å². The summed E-state index contributed by atoms with van der Waals surface area (Å²) in [5.74, 6) is 2.04. The zero-order chi connectivity index (χ0) is 37.1. The highest BCUT2D eigenvalue weighted by Crippen LogP contribution is 2.62. The van der Waals surface area contributed by atoms with E-state index in [4.69, 9.17) is 9.73 Å². The van der Waals surface area contributed by atoms with Crippen molar-refractivity contribution in [1.29, 1.82) is 0 Å². The maximum Gasteiger partial charge on any atom is 0.145 e. The summed E-state index contributed by atoms with van der Waals surface area (Å²) in [5.41, 5.74) is 16.2. The highest BCUT2D eigenvalue weighted by atomic mass is 16.5. The van der Waals surface area contributed by atoms with Crippen molar-refractivity contribution in [2.45, 2.75) is 23.9 Å². The van der Waals surface area contributed by atoms with Gasteiger partial charge >= 0.3 is 0 Å². The monoisotopic (exact) mass is 718 g/mol. The molecule has 266 valence electrons. The SMILES string of the molecule is C1=CC(C2N=C(c3ccccc3)C=C(c3ccccc3)N2)=CC(c2cccc(-c3ccc4c(c3)C3(c5ccccc5Oc5ccccc53)c3ccccc3-4)c2)C1. The van der Waals surface area contributed by atoms with Crippen LogP contribution in [0.3, 0.4) is 0 Å². The molecular formula is C53H38N2O. The Morgan fingerprint density at radius 1 is 0.536 bits per heavy atom. The average molecular weight is 719 g/mol. The normalized spacial score (nSPS) is 18.2. The van der Waals surface area contributed by atoms with Gasteiger partial charge in [0.1, 0.15) is 17.7 Å². The molecule has 11 rings (SSSR count). The summed E-state index contributed by atoms with van der Waals surface area (Å²) in [7, 11) is 0. The number of nitrogens with zero attached hydrogens (tertiary/aromatic N) is 1. The van der Waals surface area contributed by atoms with Crippen molar-refractivity contribution < 1.29 is 4.74 Å². The van der Waals surface area contributed by atoms with Crippen molar-refractivity contribution in [3.8, 4) is 33.8 Å². The van der Waals surface area contributed by atoms with Crippen LogP contribution in [0.4, 0.5) is 0 Å². The van der Waals surface area contributed by atoms with Gasteiger partial charge in [0, 0.05) is 22.7 Å². The Hall–Kier alpha value is -6.97. The fourth-order valence-corrected chi connectivity index (χ4v) is 9.35. The molecule has 3 nitrogen and oxygen atoms in total. The predicted molar refractivity (Wildman–Crippen MR) is 228 cm³/mol. The van der Waals surface area contributed by atoms with Crippen molar-refractivity contribution in [1.82, 2.24) is 5.32 Å². The quantitative estimate of drug-likeness (QED) is 0.192. The molecule has 56 heavy (non-hydrogen) atoms. The van der Waals surface area contributed by atoms with E-state index in [2.05, 4.69) is 206 Å². The number of rotatable bonds is 5.